The van der Waals surface area contributed by atoms with Gasteiger partial charge in [-0.05, 0) is 37.1 Å². The number of anilines is 1. The Kier molecular flexibility index (Phi) is 4.84. The van der Waals surface area contributed by atoms with Gasteiger partial charge in [-0.25, -0.2) is 0 Å². The molecule has 0 spiro atoms. The average Bonchev–Trinajstić information content (AvgIpc) is 2.51. The minimum absolute atomic E-state index is 0.0826. The van der Waals surface area contributed by atoms with Crippen LogP contribution in [0.4, 0.5) is 5.69 Å². The van der Waals surface area contributed by atoms with Crippen molar-refractivity contribution in [1.82, 2.24) is 4.98 Å². The summed E-state index contributed by atoms with van der Waals surface area (Å²) in [5, 5.41) is 14.7. The van der Waals surface area contributed by atoms with Crippen LogP contribution in [0.15, 0.2) is 30.5 Å². The molecule has 0 saturated carbocycles. The van der Waals surface area contributed by atoms with E-state index in [9.17, 15) is 5.11 Å². The van der Waals surface area contributed by atoms with E-state index in [1.165, 1.54) is 0 Å². The first-order valence-corrected chi connectivity index (χ1v) is 7.41. The van der Waals surface area contributed by atoms with Crippen LogP contribution < -0.4 is 5.32 Å². The molecule has 0 aliphatic carbocycles. The Labute approximate surface area is 125 Å². The van der Waals surface area contributed by atoms with Gasteiger partial charge < -0.3 is 10.4 Å². The molecule has 0 aliphatic heterocycles. The zero-order valence-corrected chi connectivity index (χ0v) is 12.7. The smallest absolute Gasteiger partial charge is 0.0948 e. The molecule has 2 rings (SSSR count). The molecule has 4 heteroatoms. The number of aromatic nitrogens is 1. The number of hydrogen-bond acceptors (Lipinski definition) is 3. The highest BCUT2D eigenvalue weighted by atomic mass is 35.5. The van der Waals surface area contributed by atoms with Gasteiger partial charge in [-0.3, -0.25) is 4.98 Å². The summed E-state index contributed by atoms with van der Waals surface area (Å²) in [7, 11) is 0. The van der Waals surface area contributed by atoms with Crippen molar-refractivity contribution < 1.29 is 5.11 Å². The van der Waals surface area contributed by atoms with E-state index in [-0.39, 0.29) is 12.0 Å². The second kappa shape index (κ2) is 6.42. The van der Waals surface area contributed by atoms with Crippen LogP contribution >= 0.6 is 11.6 Å². The molecule has 2 aromatic rings. The van der Waals surface area contributed by atoms with Gasteiger partial charge in [-0.15, -0.1) is 0 Å². The Morgan fingerprint density at radius 3 is 2.65 bits per heavy atom. The fourth-order valence-electron chi connectivity index (χ4n) is 2.34. The molecule has 0 aliphatic rings. The van der Waals surface area contributed by atoms with E-state index in [1.54, 1.807) is 6.20 Å². The number of benzene rings is 1. The number of aliphatic hydroxyl groups excluding tert-OH is 1. The number of rotatable bonds is 6. The lowest BCUT2D eigenvalue weighted by molar-refractivity contribution is 0.127. The lowest BCUT2D eigenvalue weighted by atomic mass is 9.83. The fraction of sp³-hybridized carbons (Fsp3) is 0.438. The van der Waals surface area contributed by atoms with E-state index in [0.29, 0.717) is 5.02 Å². The van der Waals surface area contributed by atoms with Crippen LogP contribution in [0.1, 0.15) is 26.7 Å². The van der Waals surface area contributed by atoms with Crippen LogP contribution in [0.2, 0.25) is 5.02 Å². The monoisotopic (exact) mass is 292 g/mol. The van der Waals surface area contributed by atoms with E-state index in [0.717, 1.165) is 36.0 Å². The standard InChI is InChI=1S/C16H21ClN2O/c1-3-16(4-2,11-20)10-19-14-8-7-13(17)12-6-5-9-18-15(12)14/h5-9,19-20H,3-4,10-11H2,1-2H3. The quantitative estimate of drug-likeness (QED) is 0.842. The second-order valence-corrected chi connectivity index (χ2v) is 5.62. The lowest BCUT2D eigenvalue weighted by Crippen LogP contribution is -2.32. The third-order valence-electron chi connectivity index (χ3n) is 4.21. The fourth-order valence-corrected chi connectivity index (χ4v) is 2.56. The SMILES string of the molecule is CCC(CC)(CO)CNc1ccc(Cl)c2cccnc12. The van der Waals surface area contributed by atoms with Crippen molar-refractivity contribution in [2.24, 2.45) is 5.41 Å². The van der Waals surface area contributed by atoms with Crippen molar-refractivity contribution >= 4 is 28.2 Å². The maximum absolute atomic E-state index is 9.64. The number of nitrogens with one attached hydrogen (secondary N) is 1. The van der Waals surface area contributed by atoms with Crippen LogP contribution in [-0.4, -0.2) is 23.2 Å². The molecule has 0 bridgehead atoms. The Morgan fingerprint density at radius 2 is 2.00 bits per heavy atom. The third kappa shape index (κ3) is 2.89. The van der Waals surface area contributed by atoms with Crippen LogP contribution in [0.3, 0.4) is 0 Å². The van der Waals surface area contributed by atoms with E-state index in [1.807, 2.05) is 24.3 Å². The number of pyridine rings is 1. The average molecular weight is 293 g/mol. The summed E-state index contributed by atoms with van der Waals surface area (Å²) >= 11 is 6.19. The molecule has 0 radical (unpaired) electrons. The molecule has 0 fully saturated rings. The van der Waals surface area contributed by atoms with Gasteiger partial charge in [0.15, 0.2) is 0 Å². The zero-order valence-electron chi connectivity index (χ0n) is 12.0. The van der Waals surface area contributed by atoms with Crippen molar-refractivity contribution in [2.75, 3.05) is 18.5 Å². The summed E-state index contributed by atoms with van der Waals surface area (Å²) in [5.74, 6) is 0. The van der Waals surface area contributed by atoms with Crippen molar-refractivity contribution in [3.8, 4) is 0 Å². The van der Waals surface area contributed by atoms with Gasteiger partial charge in [0.2, 0.25) is 0 Å². The summed E-state index contributed by atoms with van der Waals surface area (Å²) < 4.78 is 0. The Hall–Kier alpha value is -1.32. The van der Waals surface area contributed by atoms with Crippen LogP contribution in [0.5, 0.6) is 0 Å². The van der Waals surface area contributed by atoms with Gasteiger partial charge in [-0.2, -0.15) is 0 Å². The predicted octanol–water partition coefficient (Wildman–Crippen LogP) is 4.10. The first-order chi connectivity index (χ1) is 9.65. The molecular weight excluding hydrogens is 272 g/mol. The Morgan fingerprint density at radius 1 is 1.25 bits per heavy atom. The lowest BCUT2D eigenvalue weighted by Gasteiger charge is -2.30. The summed E-state index contributed by atoms with van der Waals surface area (Å²) in [4.78, 5) is 4.41. The van der Waals surface area contributed by atoms with E-state index < -0.39 is 0 Å². The molecule has 1 aromatic carbocycles. The first-order valence-electron chi connectivity index (χ1n) is 7.04. The molecule has 0 atom stereocenters. The van der Waals surface area contributed by atoms with Gasteiger partial charge in [0.05, 0.1) is 22.8 Å². The summed E-state index contributed by atoms with van der Waals surface area (Å²) in [5.41, 5.74) is 1.75. The van der Waals surface area contributed by atoms with Gasteiger partial charge >= 0.3 is 0 Å². The van der Waals surface area contributed by atoms with Crippen LogP contribution in [0, 0.1) is 5.41 Å². The van der Waals surface area contributed by atoms with Crippen LogP contribution in [0.25, 0.3) is 10.9 Å². The van der Waals surface area contributed by atoms with Crippen molar-refractivity contribution in [1.29, 1.82) is 0 Å². The minimum Gasteiger partial charge on any atom is -0.396 e. The number of halogens is 1. The van der Waals surface area contributed by atoms with Gasteiger partial charge in [-0.1, -0.05) is 25.4 Å². The number of nitrogens with zero attached hydrogens (tertiary/aromatic N) is 1. The molecule has 0 amide bonds. The summed E-state index contributed by atoms with van der Waals surface area (Å²) in [6.45, 7) is 5.13. The van der Waals surface area contributed by atoms with Crippen LogP contribution in [-0.2, 0) is 0 Å². The molecule has 108 valence electrons. The number of fused-ring (bicyclic) bond motifs is 1. The molecule has 0 saturated heterocycles. The molecule has 0 unspecified atom stereocenters. The highest BCUT2D eigenvalue weighted by Gasteiger charge is 2.25. The van der Waals surface area contributed by atoms with E-state index in [2.05, 4.69) is 24.1 Å². The Balaban J connectivity index is 2.29. The maximum atomic E-state index is 9.64. The van der Waals surface area contributed by atoms with Gasteiger partial charge in [0.25, 0.3) is 0 Å². The molecule has 3 nitrogen and oxygen atoms in total. The minimum atomic E-state index is -0.0826. The third-order valence-corrected chi connectivity index (χ3v) is 4.54. The Bertz CT molecular complexity index is 573. The topological polar surface area (TPSA) is 45.1 Å². The van der Waals surface area contributed by atoms with Crippen molar-refractivity contribution in [3.05, 3.63) is 35.5 Å². The highest BCUT2D eigenvalue weighted by molar-refractivity contribution is 6.35. The van der Waals surface area contributed by atoms with E-state index in [4.69, 9.17) is 11.6 Å². The first kappa shape index (κ1) is 15.1. The second-order valence-electron chi connectivity index (χ2n) is 5.21. The normalized spacial score (nSPS) is 11.8. The molecule has 1 aromatic heterocycles. The molecule has 20 heavy (non-hydrogen) atoms. The summed E-state index contributed by atoms with van der Waals surface area (Å²) in [6.07, 6.45) is 3.64. The predicted molar refractivity (Wildman–Crippen MR) is 85.3 cm³/mol. The van der Waals surface area contributed by atoms with Gasteiger partial charge in [0.1, 0.15) is 0 Å². The number of aliphatic hydroxyl groups is 1. The van der Waals surface area contributed by atoms with E-state index >= 15 is 0 Å². The molecule has 2 N–H and O–H groups in total. The van der Waals surface area contributed by atoms with Crippen molar-refractivity contribution in [2.45, 2.75) is 26.7 Å². The van der Waals surface area contributed by atoms with Gasteiger partial charge in [0, 0.05) is 23.5 Å². The summed E-state index contributed by atoms with van der Waals surface area (Å²) in [6, 6.07) is 7.68. The zero-order chi connectivity index (χ0) is 14.6. The largest absolute Gasteiger partial charge is 0.396 e. The molecule has 1 heterocycles. The van der Waals surface area contributed by atoms with Crippen molar-refractivity contribution in [3.63, 3.8) is 0 Å². The number of hydrogen-bond donors (Lipinski definition) is 2. The maximum Gasteiger partial charge on any atom is 0.0948 e. The molecular formula is C16H21ClN2O. The highest BCUT2D eigenvalue weighted by Crippen LogP contribution is 2.30.